The lowest BCUT2D eigenvalue weighted by atomic mass is 10.1. The van der Waals surface area contributed by atoms with Crippen molar-refractivity contribution in [3.63, 3.8) is 0 Å². The molecule has 1 unspecified atom stereocenters. The number of amides is 1. The SMILES string of the molecule is COc1ccc(C(C)NC(=O)c2ccc(CN3CCCCC3)cc2)cc1F. The Morgan fingerprint density at radius 2 is 1.85 bits per heavy atom. The van der Waals surface area contributed by atoms with E-state index in [1.807, 2.05) is 31.2 Å². The third-order valence-corrected chi connectivity index (χ3v) is 5.09. The zero-order chi connectivity index (χ0) is 19.2. The standard InChI is InChI=1S/C22H27FN2O2/c1-16(19-10-11-21(27-2)20(23)14-19)24-22(26)18-8-6-17(7-9-18)15-25-12-4-3-5-13-25/h6-11,14,16H,3-5,12-13,15H2,1-2H3,(H,24,26). The molecular formula is C22H27FN2O2. The predicted octanol–water partition coefficient (Wildman–Crippen LogP) is 4.31. The summed E-state index contributed by atoms with van der Waals surface area (Å²) in [6, 6.07) is 12.2. The highest BCUT2D eigenvalue weighted by Gasteiger charge is 2.14. The molecule has 1 heterocycles. The van der Waals surface area contributed by atoms with Gasteiger partial charge in [-0.2, -0.15) is 0 Å². The average molecular weight is 370 g/mol. The molecule has 1 aliphatic heterocycles. The Morgan fingerprint density at radius 3 is 2.48 bits per heavy atom. The molecule has 1 N–H and O–H groups in total. The Hall–Kier alpha value is -2.40. The van der Waals surface area contributed by atoms with Crippen molar-refractivity contribution in [3.8, 4) is 5.75 Å². The summed E-state index contributed by atoms with van der Waals surface area (Å²) in [5, 5.41) is 2.92. The van der Waals surface area contributed by atoms with E-state index >= 15 is 0 Å². The topological polar surface area (TPSA) is 41.6 Å². The zero-order valence-corrected chi connectivity index (χ0v) is 16.0. The second kappa shape index (κ2) is 9.00. The van der Waals surface area contributed by atoms with Crippen molar-refractivity contribution >= 4 is 5.91 Å². The fourth-order valence-corrected chi connectivity index (χ4v) is 3.45. The quantitative estimate of drug-likeness (QED) is 0.824. The zero-order valence-electron chi connectivity index (χ0n) is 16.0. The van der Waals surface area contributed by atoms with Crippen LogP contribution in [0.1, 0.15) is 53.7 Å². The second-order valence-electron chi connectivity index (χ2n) is 7.12. The number of benzene rings is 2. The number of nitrogens with one attached hydrogen (secondary N) is 1. The maximum Gasteiger partial charge on any atom is 0.251 e. The fourth-order valence-electron chi connectivity index (χ4n) is 3.45. The highest BCUT2D eigenvalue weighted by molar-refractivity contribution is 5.94. The van der Waals surface area contributed by atoms with Gasteiger partial charge in [0.1, 0.15) is 0 Å². The lowest BCUT2D eigenvalue weighted by Crippen LogP contribution is -2.29. The lowest BCUT2D eigenvalue weighted by Gasteiger charge is -2.26. The van der Waals surface area contributed by atoms with Crippen LogP contribution in [-0.2, 0) is 6.54 Å². The van der Waals surface area contributed by atoms with Crippen LogP contribution in [0.5, 0.6) is 5.75 Å². The van der Waals surface area contributed by atoms with E-state index < -0.39 is 5.82 Å². The van der Waals surface area contributed by atoms with Crippen molar-refractivity contribution in [2.45, 2.75) is 38.8 Å². The average Bonchev–Trinajstić information content (AvgIpc) is 2.69. The molecule has 27 heavy (non-hydrogen) atoms. The van der Waals surface area contributed by atoms with E-state index in [1.54, 1.807) is 12.1 Å². The molecule has 0 saturated carbocycles. The van der Waals surface area contributed by atoms with Crippen LogP contribution in [0.3, 0.4) is 0 Å². The summed E-state index contributed by atoms with van der Waals surface area (Å²) in [5.41, 5.74) is 2.53. The van der Waals surface area contributed by atoms with Gasteiger partial charge in [0.2, 0.25) is 0 Å². The molecular weight excluding hydrogens is 343 g/mol. The van der Waals surface area contributed by atoms with Crippen molar-refractivity contribution in [2.75, 3.05) is 20.2 Å². The number of nitrogens with zero attached hydrogens (tertiary/aromatic N) is 1. The third kappa shape index (κ3) is 5.07. The number of rotatable bonds is 6. The van der Waals surface area contributed by atoms with Crippen LogP contribution in [0, 0.1) is 5.82 Å². The Kier molecular flexibility index (Phi) is 6.45. The van der Waals surface area contributed by atoms with Gasteiger partial charge < -0.3 is 10.1 Å². The summed E-state index contributed by atoms with van der Waals surface area (Å²) >= 11 is 0. The summed E-state index contributed by atoms with van der Waals surface area (Å²) < 4.78 is 18.8. The molecule has 3 rings (SSSR count). The second-order valence-corrected chi connectivity index (χ2v) is 7.12. The van der Waals surface area contributed by atoms with Gasteiger partial charge in [-0.25, -0.2) is 4.39 Å². The minimum atomic E-state index is -0.432. The maximum atomic E-state index is 13.9. The van der Waals surface area contributed by atoms with Crippen LogP contribution >= 0.6 is 0 Å². The molecule has 0 radical (unpaired) electrons. The lowest BCUT2D eigenvalue weighted by molar-refractivity contribution is 0.0939. The normalized spacial score (nSPS) is 16.0. The predicted molar refractivity (Wildman–Crippen MR) is 104 cm³/mol. The van der Waals surface area contributed by atoms with Gasteiger partial charge >= 0.3 is 0 Å². The van der Waals surface area contributed by atoms with E-state index in [0.29, 0.717) is 11.1 Å². The van der Waals surface area contributed by atoms with Gasteiger partial charge in [0.25, 0.3) is 5.91 Å². The summed E-state index contributed by atoms with van der Waals surface area (Å²) in [7, 11) is 1.43. The monoisotopic (exact) mass is 370 g/mol. The highest BCUT2D eigenvalue weighted by atomic mass is 19.1. The van der Waals surface area contributed by atoms with Crippen molar-refractivity contribution in [2.24, 2.45) is 0 Å². The van der Waals surface area contributed by atoms with Crippen LogP contribution in [0.2, 0.25) is 0 Å². The Morgan fingerprint density at radius 1 is 1.15 bits per heavy atom. The number of piperidine rings is 1. The summed E-state index contributed by atoms with van der Waals surface area (Å²) in [5.74, 6) is -0.400. The Balaban J connectivity index is 1.59. The van der Waals surface area contributed by atoms with Gasteiger partial charge in [-0.15, -0.1) is 0 Å². The van der Waals surface area contributed by atoms with Gasteiger partial charge in [0.05, 0.1) is 13.2 Å². The highest BCUT2D eigenvalue weighted by Crippen LogP contribution is 2.22. The molecule has 1 atom stereocenters. The molecule has 1 fully saturated rings. The first kappa shape index (κ1) is 19.4. The number of carbonyl (C=O) groups is 1. The van der Waals surface area contributed by atoms with Gasteiger partial charge in [0, 0.05) is 12.1 Å². The first-order chi connectivity index (χ1) is 13.1. The minimum absolute atomic E-state index is 0.164. The molecule has 1 aliphatic rings. The largest absolute Gasteiger partial charge is 0.494 e. The van der Waals surface area contributed by atoms with Crippen molar-refractivity contribution < 1.29 is 13.9 Å². The molecule has 2 aromatic carbocycles. The van der Waals surface area contributed by atoms with E-state index in [9.17, 15) is 9.18 Å². The third-order valence-electron chi connectivity index (χ3n) is 5.09. The van der Waals surface area contributed by atoms with Crippen molar-refractivity contribution in [3.05, 3.63) is 65.0 Å². The number of ether oxygens (including phenoxy) is 1. The van der Waals surface area contributed by atoms with Crippen LogP contribution < -0.4 is 10.1 Å². The van der Waals surface area contributed by atoms with E-state index in [1.165, 1.54) is 38.0 Å². The van der Waals surface area contributed by atoms with E-state index in [0.717, 1.165) is 19.6 Å². The molecule has 0 bridgehead atoms. The van der Waals surface area contributed by atoms with E-state index in [-0.39, 0.29) is 17.7 Å². The molecule has 5 heteroatoms. The number of halogens is 1. The van der Waals surface area contributed by atoms with E-state index in [4.69, 9.17) is 4.74 Å². The van der Waals surface area contributed by atoms with Gasteiger partial charge in [-0.1, -0.05) is 24.6 Å². The summed E-state index contributed by atoms with van der Waals surface area (Å²) in [4.78, 5) is 15.0. The van der Waals surface area contributed by atoms with Crippen LogP contribution in [-0.4, -0.2) is 31.0 Å². The molecule has 1 saturated heterocycles. The molecule has 0 aliphatic carbocycles. The van der Waals surface area contributed by atoms with E-state index in [2.05, 4.69) is 10.2 Å². The first-order valence-corrected chi connectivity index (χ1v) is 9.52. The molecule has 2 aromatic rings. The first-order valence-electron chi connectivity index (χ1n) is 9.52. The molecule has 0 spiro atoms. The van der Waals surface area contributed by atoms with Gasteiger partial charge in [-0.05, 0) is 68.2 Å². The molecule has 144 valence electrons. The number of methoxy groups -OCH3 is 1. The van der Waals surface area contributed by atoms with Crippen LogP contribution in [0.4, 0.5) is 4.39 Å². The Labute approximate surface area is 160 Å². The smallest absolute Gasteiger partial charge is 0.251 e. The van der Waals surface area contributed by atoms with Gasteiger partial charge in [0.15, 0.2) is 11.6 Å². The number of carbonyl (C=O) groups excluding carboxylic acids is 1. The van der Waals surface area contributed by atoms with Crippen molar-refractivity contribution in [1.82, 2.24) is 10.2 Å². The fraction of sp³-hybridized carbons (Fsp3) is 0.409. The summed E-state index contributed by atoms with van der Waals surface area (Å²) in [6.45, 7) is 5.07. The number of hydrogen-bond donors (Lipinski definition) is 1. The summed E-state index contributed by atoms with van der Waals surface area (Å²) in [6.07, 6.45) is 3.86. The van der Waals surface area contributed by atoms with Crippen LogP contribution in [0.15, 0.2) is 42.5 Å². The minimum Gasteiger partial charge on any atom is -0.494 e. The number of likely N-dealkylation sites (tertiary alicyclic amines) is 1. The van der Waals surface area contributed by atoms with Gasteiger partial charge in [-0.3, -0.25) is 9.69 Å². The molecule has 4 nitrogen and oxygen atoms in total. The Bertz CT molecular complexity index is 770. The van der Waals surface area contributed by atoms with Crippen LogP contribution in [0.25, 0.3) is 0 Å². The number of hydrogen-bond acceptors (Lipinski definition) is 3. The maximum absolute atomic E-state index is 13.9. The molecule has 1 amide bonds. The molecule has 0 aromatic heterocycles. The van der Waals surface area contributed by atoms with Crippen molar-refractivity contribution in [1.29, 1.82) is 0 Å².